The molecule has 2 aromatic heterocycles. The van der Waals surface area contributed by atoms with Crippen molar-refractivity contribution in [2.45, 2.75) is 25.8 Å². The summed E-state index contributed by atoms with van der Waals surface area (Å²) in [6.07, 6.45) is 2.09. The average molecular weight is 332 g/mol. The van der Waals surface area contributed by atoms with Gasteiger partial charge in [0.1, 0.15) is 0 Å². The zero-order valence-electron chi connectivity index (χ0n) is 9.74. The summed E-state index contributed by atoms with van der Waals surface area (Å²) >= 11 is 6.78. The molecule has 6 heteroatoms. The predicted molar refractivity (Wildman–Crippen MR) is 76.8 cm³/mol. The largest absolute Gasteiger partial charge is 0.308 e. The van der Waals surface area contributed by atoms with Crippen molar-refractivity contribution in [3.05, 3.63) is 31.4 Å². The van der Waals surface area contributed by atoms with Crippen molar-refractivity contribution in [1.29, 1.82) is 0 Å². The van der Waals surface area contributed by atoms with Gasteiger partial charge in [-0.2, -0.15) is 11.3 Å². The normalized spacial score (nSPS) is 12.9. The first kappa shape index (κ1) is 13.1. The van der Waals surface area contributed by atoms with Crippen LogP contribution in [0.5, 0.6) is 0 Å². The van der Waals surface area contributed by atoms with E-state index in [4.69, 9.17) is 0 Å². The number of nitrogens with one attached hydrogen (secondary N) is 1. The number of rotatable bonds is 5. The number of hydrogen-bond acceptors (Lipinski definition) is 5. The minimum Gasteiger partial charge on any atom is -0.308 e. The maximum absolute atomic E-state index is 4.23. The summed E-state index contributed by atoms with van der Waals surface area (Å²) < 4.78 is 5.24. The molecule has 0 saturated carbocycles. The van der Waals surface area contributed by atoms with Gasteiger partial charge in [0, 0.05) is 9.85 Å². The van der Waals surface area contributed by atoms with Gasteiger partial charge >= 0.3 is 0 Å². The summed E-state index contributed by atoms with van der Waals surface area (Å²) in [6, 6.07) is 0.192. The third kappa shape index (κ3) is 2.76. The SMILES string of the molecule is CCCc1nnsc1C(NC)c1cscc1Br. The molecule has 0 radical (unpaired) electrons. The quantitative estimate of drug-likeness (QED) is 0.909. The van der Waals surface area contributed by atoms with Gasteiger partial charge in [0.2, 0.25) is 0 Å². The van der Waals surface area contributed by atoms with Crippen molar-refractivity contribution in [1.82, 2.24) is 14.9 Å². The summed E-state index contributed by atoms with van der Waals surface area (Å²) in [5, 5.41) is 11.9. The van der Waals surface area contributed by atoms with Crippen molar-refractivity contribution < 1.29 is 0 Å². The second-order valence-electron chi connectivity index (χ2n) is 3.73. The second-order valence-corrected chi connectivity index (χ2v) is 6.11. The van der Waals surface area contributed by atoms with Crippen LogP contribution in [0.3, 0.4) is 0 Å². The highest BCUT2D eigenvalue weighted by Crippen LogP contribution is 2.34. The Labute approximate surface area is 118 Å². The first-order valence-electron chi connectivity index (χ1n) is 5.47. The molecule has 1 N–H and O–H groups in total. The van der Waals surface area contributed by atoms with E-state index in [0.717, 1.165) is 23.0 Å². The predicted octanol–water partition coefficient (Wildman–Crippen LogP) is 3.62. The van der Waals surface area contributed by atoms with Crippen LogP contribution in [0.1, 0.15) is 35.5 Å². The number of thiophene rings is 1. The van der Waals surface area contributed by atoms with E-state index >= 15 is 0 Å². The van der Waals surface area contributed by atoms with Gasteiger partial charge in [-0.15, -0.1) is 5.10 Å². The van der Waals surface area contributed by atoms with Crippen LogP contribution in [0.2, 0.25) is 0 Å². The Balaban J connectivity index is 2.35. The lowest BCUT2D eigenvalue weighted by atomic mass is 10.1. The monoisotopic (exact) mass is 331 g/mol. The molecule has 0 fully saturated rings. The zero-order valence-corrected chi connectivity index (χ0v) is 13.0. The summed E-state index contributed by atoms with van der Waals surface area (Å²) in [5.41, 5.74) is 2.39. The Kier molecular flexibility index (Phi) is 4.67. The molecule has 0 aliphatic carbocycles. The lowest BCUT2D eigenvalue weighted by molar-refractivity contribution is 0.688. The Morgan fingerprint density at radius 2 is 2.29 bits per heavy atom. The molecule has 0 amide bonds. The summed E-state index contributed by atoms with van der Waals surface area (Å²) in [4.78, 5) is 1.23. The molecule has 0 bridgehead atoms. The lowest BCUT2D eigenvalue weighted by Crippen LogP contribution is -2.17. The number of aryl methyl sites for hydroxylation is 1. The number of halogens is 1. The molecule has 0 aliphatic heterocycles. The molecule has 2 aromatic rings. The first-order chi connectivity index (χ1) is 8.27. The molecule has 2 rings (SSSR count). The highest BCUT2D eigenvalue weighted by atomic mass is 79.9. The van der Waals surface area contributed by atoms with Gasteiger partial charge in [-0.1, -0.05) is 17.8 Å². The molecular formula is C11H14BrN3S2. The van der Waals surface area contributed by atoms with Gasteiger partial charge in [0.15, 0.2) is 0 Å². The summed E-state index contributed by atoms with van der Waals surface area (Å²) in [6.45, 7) is 2.16. The Bertz CT molecular complexity index is 481. The third-order valence-corrected chi connectivity index (χ3v) is 5.16. The van der Waals surface area contributed by atoms with Crippen LogP contribution >= 0.6 is 38.8 Å². The summed E-state index contributed by atoms with van der Waals surface area (Å²) in [7, 11) is 1.98. The fraction of sp³-hybridized carbons (Fsp3) is 0.455. The van der Waals surface area contributed by atoms with Crippen LogP contribution in [0.4, 0.5) is 0 Å². The highest BCUT2D eigenvalue weighted by molar-refractivity contribution is 9.10. The van der Waals surface area contributed by atoms with E-state index in [0.29, 0.717) is 0 Å². The Hall–Kier alpha value is -0.300. The Morgan fingerprint density at radius 3 is 2.88 bits per heavy atom. The van der Waals surface area contributed by atoms with Crippen molar-refractivity contribution in [2.24, 2.45) is 0 Å². The van der Waals surface area contributed by atoms with Crippen LogP contribution in [0.15, 0.2) is 15.2 Å². The van der Waals surface area contributed by atoms with E-state index in [-0.39, 0.29) is 6.04 Å². The average Bonchev–Trinajstić information content (AvgIpc) is 2.92. The molecule has 1 atom stereocenters. The molecule has 0 spiro atoms. The highest BCUT2D eigenvalue weighted by Gasteiger charge is 2.21. The van der Waals surface area contributed by atoms with E-state index in [2.05, 4.69) is 48.5 Å². The van der Waals surface area contributed by atoms with Crippen molar-refractivity contribution >= 4 is 38.8 Å². The maximum atomic E-state index is 4.23. The molecule has 0 aromatic carbocycles. The number of aromatic nitrogens is 2. The van der Waals surface area contributed by atoms with Crippen LogP contribution in [0, 0.1) is 0 Å². The minimum absolute atomic E-state index is 0.192. The van der Waals surface area contributed by atoms with Gasteiger partial charge in [-0.25, -0.2) is 0 Å². The van der Waals surface area contributed by atoms with E-state index in [9.17, 15) is 0 Å². The van der Waals surface area contributed by atoms with Gasteiger partial charge in [-0.3, -0.25) is 0 Å². The molecule has 92 valence electrons. The van der Waals surface area contributed by atoms with Crippen LogP contribution in [-0.2, 0) is 6.42 Å². The smallest absolute Gasteiger partial charge is 0.0807 e. The zero-order chi connectivity index (χ0) is 12.3. The molecule has 0 aliphatic rings. The standard InChI is InChI=1S/C11H14BrN3S2/c1-3-4-9-11(17-15-14-9)10(13-2)7-5-16-6-8(7)12/h5-6,10,13H,3-4H2,1-2H3. The Morgan fingerprint density at radius 1 is 1.47 bits per heavy atom. The van der Waals surface area contributed by atoms with Gasteiger partial charge in [-0.05, 0) is 51.9 Å². The van der Waals surface area contributed by atoms with Gasteiger partial charge in [0.05, 0.1) is 16.6 Å². The molecule has 0 saturated heterocycles. The molecule has 17 heavy (non-hydrogen) atoms. The third-order valence-electron chi connectivity index (χ3n) is 2.58. The van der Waals surface area contributed by atoms with E-state index in [1.807, 2.05) is 7.05 Å². The van der Waals surface area contributed by atoms with Crippen molar-refractivity contribution in [3.8, 4) is 0 Å². The van der Waals surface area contributed by atoms with E-state index < -0.39 is 0 Å². The number of hydrogen-bond donors (Lipinski definition) is 1. The minimum atomic E-state index is 0.192. The molecule has 2 heterocycles. The fourth-order valence-electron chi connectivity index (χ4n) is 1.77. The second kappa shape index (κ2) is 6.04. The molecule has 1 unspecified atom stereocenters. The summed E-state index contributed by atoms with van der Waals surface area (Å²) in [5.74, 6) is 0. The fourth-order valence-corrected chi connectivity index (χ4v) is 4.15. The van der Waals surface area contributed by atoms with Gasteiger partial charge < -0.3 is 5.32 Å². The lowest BCUT2D eigenvalue weighted by Gasteiger charge is -2.14. The first-order valence-corrected chi connectivity index (χ1v) is 7.98. The van der Waals surface area contributed by atoms with E-state index in [1.54, 1.807) is 11.3 Å². The van der Waals surface area contributed by atoms with Crippen LogP contribution in [0.25, 0.3) is 0 Å². The van der Waals surface area contributed by atoms with Gasteiger partial charge in [0.25, 0.3) is 0 Å². The van der Waals surface area contributed by atoms with Crippen molar-refractivity contribution in [2.75, 3.05) is 7.05 Å². The maximum Gasteiger partial charge on any atom is 0.0807 e. The topological polar surface area (TPSA) is 37.8 Å². The molecule has 3 nitrogen and oxygen atoms in total. The van der Waals surface area contributed by atoms with Crippen LogP contribution in [-0.4, -0.2) is 16.6 Å². The molecular weight excluding hydrogens is 318 g/mol. The van der Waals surface area contributed by atoms with Crippen LogP contribution < -0.4 is 5.32 Å². The van der Waals surface area contributed by atoms with Crippen molar-refractivity contribution in [3.63, 3.8) is 0 Å². The van der Waals surface area contributed by atoms with E-state index in [1.165, 1.54) is 22.0 Å². The number of nitrogens with zero attached hydrogens (tertiary/aromatic N) is 2.